The lowest BCUT2D eigenvalue weighted by Crippen LogP contribution is -2.30. The zero-order chi connectivity index (χ0) is 13.1. The van der Waals surface area contributed by atoms with Crippen molar-refractivity contribution in [3.63, 3.8) is 0 Å². The van der Waals surface area contributed by atoms with Gasteiger partial charge >= 0.3 is 6.03 Å². The van der Waals surface area contributed by atoms with Crippen molar-refractivity contribution in [3.8, 4) is 0 Å². The molecule has 3 amide bonds. The van der Waals surface area contributed by atoms with E-state index in [0.29, 0.717) is 11.4 Å². The molecular formula is C13H15ClN2O2. The van der Waals surface area contributed by atoms with Crippen molar-refractivity contribution in [3.05, 3.63) is 34.9 Å². The molecule has 18 heavy (non-hydrogen) atoms. The monoisotopic (exact) mass is 266 g/mol. The molecule has 0 aliphatic carbocycles. The zero-order valence-corrected chi connectivity index (χ0v) is 10.9. The molecular weight excluding hydrogens is 252 g/mol. The normalized spacial score (nSPS) is 19.2. The molecule has 4 nitrogen and oxygen atoms in total. The minimum absolute atomic E-state index is 0.151. The Morgan fingerprint density at radius 3 is 2.83 bits per heavy atom. The van der Waals surface area contributed by atoms with Crippen molar-refractivity contribution in [1.82, 2.24) is 10.2 Å². The summed E-state index contributed by atoms with van der Waals surface area (Å²) in [7, 11) is 0. The fourth-order valence-electron chi connectivity index (χ4n) is 2.03. The number of urea groups is 1. The number of hydrogen-bond donors (Lipinski definition) is 1. The van der Waals surface area contributed by atoms with Crippen molar-refractivity contribution >= 4 is 23.5 Å². The van der Waals surface area contributed by atoms with E-state index < -0.39 is 0 Å². The summed E-state index contributed by atoms with van der Waals surface area (Å²) >= 11 is 5.88. The highest BCUT2D eigenvalue weighted by Crippen LogP contribution is 2.17. The van der Waals surface area contributed by atoms with E-state index in [4.69, 9.17) is 11.6 Å². The molecule has 0 radical (unpaired) electrons. The Kier molecular flexibility index (Phi) is 3.87. The van der Waals surface area contributed by atoms with Gasteiger partial charge in [-0.25, -0.2) is 4.79 Å². The number of carbonyl (C=O) groups is 2. The van der Waals surface area contributed by atoms with Gasteiger partial charge in [-0.15, -0.1) is 0 Å². The van der Waals surface area contributed by atoms with Gasteiger partial charge < -0.3 is 5.32 Å². The highest BCUT2D eigenvalue weighted by molar-refractivity contribution is 6.30. The molecule has 1 aliphatic rings. The molecule has 1 heterocycles. The molecule has 1 atom stereocenters. The van der Waals surface area contributed by atoms with Crippen LogP contribution in [0.3, 0.4) is 0 Å². The lowest BCUT2D eigenvalue weighted by atomic mass is 10.1. The maximum atomic E-state index is 12.0. The Hall–Kier alpha value is -1.55. The van der Waals surface area contributed by atoms with Crippen LogP contribution in [-0.2, 0) is 11.3 Å². The van der Waals surface area contributed by atoms with Crippen molar-refractivity contribution in [2.75, 3.05) is 0 Å². The van der Waals surface area contributed by atoms with E-state index in [2.05, 4.69) is 5.32 Å². The van der Waals surface area contributed by atoms with Gasteiger partial charge in [0.15, 0.2) is 0 Å². The van der Waals surface area contributed by atoms with Gasteiger partial charge in [-0.3, -0.25) is 9.69 Å². The quantitative estimate of drug-likeness (QED) is 0.852. The van der Waals surface area contributed by atoms with Gasteiger partial charge in [0.2, 0.25) is 0 Å². The van der Waals surface area contributed by atoms with E-state index in [1.165, 1.54) is 4.90 Å². The first kappa shape index (κ1) is 12.9. The Morgan fingerprint density at radius 1 is 1.39 bits per heavy atom. The molecule has 1 N–H and O–H groups in total. The van der Waals surface area contributed by atoms with Gasteiger partial charge in [0, 0.05) is 5.02 Å². The zero-order valence-electron chi connectivity index (χ0n) is 10.1. The van der Waals surface area contributed by atoms with Crippen molar-refractivity contribution in [2.45, 2.75) is 32.4 Å². The maximum Gasteiger partial charge on any atom is 0.325 e. The number of hydrogen-bond acceptors (Lipinski definition) is 2. The van der Waals surface area contributed by atoms with Crippen molar-refractivity contribution in [1.29, 1.82) is 0 Å². The van der Waals surface area contributed by atoms with Crippen LogP contribution in [0, 0.1) is 0 Å². The van der Waals surface area contributed by atoms with Crippen LogP contribution < -0.4 is 5.32 Å². The topological polar surface area (TPSA) is 49.4 Å². The molecule has 1 aliphatic heterocycles. The molecule has 0 aromatic heterocycles. The molecule has 0 bridgehead atoms. The number of amides is 3. The third kappa shape index (κ3) is 2.64. The highest BCUT2D eigenvalue weighted by Gasteiger charge is 2.36. The molecule has 1 aromatic carbocycles. The summed E-state index contributed by atoms with van der Waals surface area (Å²) in [5, 5.41) is 3.30. The third-order valence-electron chi connectivity index (χ3n) is 2.91. The maximum absolute atomic E-state index is 12.0. The van der Waals surface area contributed by atoms with Gasteiger partial charge in [-0.1, -0.05) is 37.1 Å². The first-order chi connectivity index (χ1) is 8.61. The third-order valence-corrected chi connectivity index (χ3v) is 3.15. The Morgan fingerprint density at radius 2 is 2.17 bits per heavy atom. The second-order valence-corrected chi connectivity index (χ2v) is 4.78. The van der Waals surface area contributed by atoms with E-state index >= 15 is 0 Å². The van der Waals surface area contributed by atoms with Gasteiger partial charge in [-0.2, -0.15) is 0 Å². The molecule has 2 rings (SSSR count). The van der Waals surface area contributed by atoms with Crippen molar-refractivity contribution in [2.24, 2.45) is 0 Å². The average molecular weight is 267 g/mol. The summed E-state index contributed by atoms with van der Waals surface area (Å²) in [5.74, 6) is -0.151. The summed E-state index contributed by atoms with van der Waals surface area (Å²) in [6.07, 6.45) is 1.54. The van der Waals surface area contributed by atoms with Crippen LogP contribution in [-0.4, -0.2) is 22.9 Å². The number of halogens is 1. The highest BCUT2D eigenvalue weighted by atomic mass is 35.5. The molecule has 0 spiro atoms. The second kappa shape index (κ2) is 5.40. The summed E-state index contributed by atoms with van der Waals surface area (Å²) in [6.45, 7) is 2.25. The Balaban J connectivity index is 2.10. The lowest BCUT2D eigenvalue weighted by molar-refractivity contribution is -0.128. The molecule has 1 saturated heterocycles. The smallest absolute Gasteiger partial charge is 0.325 e. The lowest BCUT2D eigenvalue weighted by Gasteiger charge is -2.13. The van der Waals surface area contributed by atoms with E-state index in [0.717, 1.165) is 12.0 Å². The fourth-order valence-corrected chi connectivity index (χ4v) is 2.24. The van der Waals surface area contributed by atoms with Crippen LogP contribution in [0.2, 0.25) is 5.02 Å². The average Bonchev–Trinajstić information content (AvgIpc) is 2.58. The molecule has 1 fully saturated rings. The van der Waals surface area contributed by atoms with Crippen LogP contribution in [0.5, 0.6) is 0 Å². The van der Waals surface area contributed by atoms with Crippen LogP contribution >= 0.6 is 11.6 Å². The number of rotatable bonds is 4. The van der Waals surface area contributed by atoms with Gasteiger partial charge in [0.25, 0.3) is 5.91 Å². The molecule has 1 unspecified atom stereocenters. The second-order valence-electron chi connectivity index (χ2n) is 4.35. The first-order valence-electron chi connectivity index (χ1n) is 5.98. The number of benzene rings is 1. The standard InChI is InChI=1S/C13H15ClN2O2/c1-2-4-11-12(17)16(13(18)15-11)8-9-5-3-6-10(14)7-9/h3,5-7,11H,2,4,8H2,1H3,(H,15,18). The predicted octanol–water partition coefficient (Wildman–Crippen LogP) is 2.56. The summed E-state index contributed by atoms with van der Waals surface area (Å²) in [4.78, 5) is 25.0. The fraction of sp³-hybridized carbons (Fsp3) is 0.385. The van der Waals surface area contributed by atoms with E-state index in [9.17, 15) is 9.59 Å². The van der Waals surface area contributed by atoms with E-state index in [-0.39, 0.29) is 24.5 Å². The summed E-state index contributed by atoms with van der Waals surface area (Å²) in [5.41, 5.74) is 0.850. The predicted molar refractivity (Wildman–Crippen MR) is 69.2 cm³/mol. The van der Waals surface area contributed by atoms with E-state index in [1.807, 2.05) is 13.0 Å². The van der Waals surface area contributed by atoms with Crippen LogP contribution in [0.15, 0.2) is 24.3 Å². The molecule has 96 valence electrons. The van der Waals surface area contributed by atoms with Crippen LogP contribution in [0.4, 0.5) is 4.79 Å². The Bertz CT molecular complexity index is 476. The van der Waals surface area contributed by atoms with Gasteiger partial charge in [-0.05, 0) is 24.1 Å². The number of nitrogens with one attached hydrogen (secondary N) is 1. The first-order valence-corrected chi connectivity index (χ1v) is 6.36. The SMILES string of the molecule is CCCC1NC(=O)N(Cc2cccc(Cl)c2)C1=O. The van der Waals surface area contributed by atoms with Gasteiger partial charge in [0.1, 0.15) is 6.04 Å². The molecule has 0 saturated carbocycles. The number of nitrogens with zero attached hydrogens (tertiary/aromatic N) is 1. The summed E-state index contributed by atoms with van der Waals surface area (Å²) < 4.78 is 0. The van der Waals surface area contributed by atoms with Crippen LogP contribution in [0.1, 0.15) is 25.3 Å². The molecule has 1 aromatic rings. The number of imide groups is 1. The largest absolute Gasteiger partial charge is 0.326 e. The van der Waals surface area contributed by atoms with E-state index in [1.54, 1.807) is 18.2 Å². The Labute approximate surface area is 111 Å². The summed E-state index contributed by atoms with van der Waals surface area (Å²) in [6, 6.07) is 6.48. The number of carbonyl (C=O) groups excluding carboxylic acids is 2. The molecule has 5 heteroatoms. The van der Waals surface area contributed by atoms with Gasteiger partial charge in [0.05, 0.1) is 6.54 Å². The van der Waals surface area contributed by atoms with Crippen molar-refractivity contribution < 1.29 is 9.59 Å². The minimum Gasteiger partial charge on any atom is -0.326 e. The minimum atomic E-state index is -0.373. The van der Waals surface area contributed by atoms with Crippen LogP contribution in [0.25, 0.3) is 0 Å².